The van der Waals surface area contributed by atoms with E-state index >= 15 is 0 Å². The van der Waals surface area contributed by atoms with Gasteiger partial charge < -0.3 is 18.9 Å². The minimum atomic E-state index is -0.678. The summed E-state index contributed by atoms with van der Waals surface area (Å²) in [6, 6.07) is 2.22. The minimum absolute atomic E-state index is 0.158. The monoisotopic (exact) mass is 310 g/mol. The lowest BCUT2D eigenvalue weighted by atomic mass is 10.2. The third-order valence-corrected chi connectivity index (χ3v) is 2.02. The molecule has 1 aromatic carbocycles. The zero-order chi connectivity index (χ0) is 16.9. The Morgan fingerprint density at radius 3 is 0.864 bits per heavy atom. The molecular weight excluding hydrogens is 296 g/mol. The fourth-order valence-corrected chi connectivity index (χ4v) is 1.46. The van der Waals surface area contributed by atoms with Gasteiger partial charge in [-0.3, -0.25) is 19.2 Å². The molecule has 0 aliphatic rings. The van der Waals surface area contributed by atoms with Crippen LogP contribution in [0.5, 0.6) is 23.0 Å². The van der Waals surface area contributed by atoms with E-state index < -0.39 is 23.9 Å². The van der Waals surface area contributed by atoms with Crippen LogP contribution in [0.4, 0.5) is 0 Å². The van der Waals surface area contributed by atoms with E-state index in [1.807, 2.05) is 0 Å². The highest BCUT2D eigenvalue weighted by molar-refractivity contribution is 5.78. The van der Waals surface area contributed by atoms with Crippen LogP contribution in [0.15, 0.2) is 12.1 Å². The van der Waals surface area contributed by atoms with Crippen LogP contribution in [0.1, 0.15) is 27.7 Å². The summed E-state index contributed by atoms with van der Waals surface area (Å²) in [5, 5.41) is 0. The molecule has 8 nitrogen and oxygen atoms in total. The molecule has 0 atom stereocenters. The molecule has 0 spiro atoms. The van der Waals surface area contributed by atoms with Gasteiger partial charge in [0, 0.05) is 39.8 Å². The lowest BCUT2D eigenvalue weighted by molar-refractivity contribution is -0.135. The van der Waals surface area contributed by atoms with Crippen molar-refractivity contribution >= 4 is 23.9 Å². The van der Waals surface area contributed by atoms with Crippen LogP contribution in [0, 0.1) is 0 Å². The van der Waals surface area contributed by atoms with Gasteiger partial charge in [-0.2, -0.15) is 0 Å². The third-order valence-electron chi connectivity index (χ3n) is 2.02. The van der Waals surface area contributed by atoms with Crippen LogP contribution in [-0.4, -0.2) is 23.9 Å². The third kappa shape index (κ3) is 5.23. The maximum Gasteiger partial charge on any atom is 0.308 e. The Morgan fingerprint density at radius 2 is 0.727 bits per heavy atom. The quantitative estimate of drug-likeness (QED) is 0.606. The second-order valence-corrected chi connectivity index (χ2v) is 4.12. The molecule has 0 heterocycles. The van der Waals surface area contributed by atoms with Gasteiger partial charge in [-0.25, -0.2) is 0 Å². The summed E-state index contributed by atoms with van der Waals surface area (Å²) >= 11 is 0. The highest BCUT2D eigenvalue weighted by Crippen LogP contribution is 2.40. The topological polar surface area (TPSA) is 105 Å². The summed E-state index contributed by atoms with van der Waals surface area (Å²) in [5.74, 6) is -3.34. The lowest BCUT2D eigenvalue weighted by Crippen LogP contribution is -2.11. The van der Waals surface area contributed by atoms with Crippen molar-refractivity contribution in [2.24, 2.45) is 0 Å². The molecule has 0 radical (unpaired) electrons. The number of benzene rings is 1. The van der Waals surface area contributed by atoms with Crippen LogP contribution < -0.4 is 18.9 Å². The molecule has 0 aromatic heterocycles. The molecule has 0 aliphatic carbocycles. The van der Waals surface area contributed by atoms with Gasteiger partial charge in [0.1, 0.15) is 0 Å². The molecule has 0 fully saturated rings. The second kappa shape index (κ2) is 7.21. The Bertz CT molecular complexity index is 526. The van der Waals surface area contributed by atoms with Crippen LogP contribution in [-0.2, 0) is 19.2 Å². The van der Waals surface area contributed by atoms with Gasteiger partial charge in [-0.1, -0.05) is 0 Å². The smallest absolute Gasteiger partial charge is 0.308 e. The number of esters is 4. The van der Waals surface area contributed by atoms with Crippen molar-refractivity contribution in [3.8, 4) is 23.0 Å². The Labute approximate surface area is 125 Å². The van der Waals surface area contributed by atoms with Crippen LogP contribution in [0.2, 0.25) is 0 Å². The van der Waals surface area contributed by atoms with E-state index in [2.05, 4.69) is 0 Å². The van der Waals surface area contributed by atoms with Gasteiger partial charge >= 0.3 is 23.9 Å². The Kier molecular flexibility index (Phi) is 5.62. The largest absolute Gasteiger partial charge is 0.423 e. The van der Waals surface area contributed by atoms with E-state index in [1.165, 1.54) is 0 Å². The minimum Gasteiger partial charge on any atom is -0.423 e. The first-order chi connectivity index (χ1) is 10.2. The Hall–Kier alpha value is -2.90. The Morgan fingerprint density at radius 1 is 0.545 bits per heavy atom. The Balaban J connectivity index is 3.39. The molecule has 0 saturated carbocycles. The fourth-order valence-electron chi connectivity index (χ4n) is 1.46. The van der Waals surface area contributed by atoms with Crippen molar-refractivity contribution in [1.82, 2.24) is 0 Å². The number of hydrogen-bond donors (Lipinski definition) is 0. The SMILES string of the molecule is CC(=O)Oc1cc(OC(C)=O)c(OC(C)=O)cc1OC(C)=O. The van der Waals surface area contributed by atoms with Crippen LogP contribution >= 0.6 is 0 Å². The summed E-state index contributed by atoms with van der Waals surface area (Å²) in [7, 11) is 0. The summed E-state index contributed by atoms with van der Waals surface area (Å²) in [5.41, 5.74) is 0. The van der Waals surface area contributed by atoms with E-state index in [0.717, 1.165) is 39.8 Å². The number of carbonyl (C=O) groups excluding carboxylic acids is 4. The molecule has 0 N–H and O–H groups in total. The molecule has 1 aromatic rings. The molecule has 0 amide bonds. The summed E-state index contributed by atoms with van der Waals surface area (Å²) in [6.45, 7) is 4.57. The number of carbonyl (C=O) groups is 4. The van der Waals surface area contributed by atoms with E-state index in [0.29, 0.717) is 0 Å². The highest BCUT2D eigenvalue weighted by Gasteiger charge is 2.19. The highest BCUT2D eigenvalue weighted by atomic mass is 16.6. The van der Waals surface area contributed by atoms with Gasteiger partial charge in [0.2, 0.25) is 0 Å². The van der Waals surface area contributed by atoms with Gasteiger partial charge in [0.25, 0.3) is 0 Å². The first-order valence-electron chi connectivity index (χ1n) is 6.10. The lowest BCUT2D eigenvalue weighted by Gasteiger charge is -2.14. The van der Waals surface area contributed by atoms with E-state index in [4.69, 9.17) is 18.9 Å². The average molecular weight is 310 g/mol. The molecule has 22 heavy (non-hydrogen) atoms. The van der Waals surface area contributed by atoms with Crippen LogP contribution in [0.3, 0.4) is 0 Å². The van der Waals surface area contributed by atoms with E-state index in [1.54, 1.807) is 0 Å². The number of hydrogen-bond acceptors (Lipinski definition) is 8. The summed E-state index contributed by atoms with van der Waals surface area (Å²) < 4.78 is 19.5. The first-order valence-corrected chi connectivity index (χ1v) is 6.10. The van der Waals surface area contributed by atoms with Gasteiger partial charge in [-0.15, -0.1) is 0 Å². The molecular formula is C14H14O8. The zero-order valence-electron chi connectivity index (χ0n) is 12.4. The second-order valence-electron chi connectivity index (χ2n) is 4.12. The van der Waals surface area contributed by atoms with Crippen molar-refractivity contribution in [2.75, 3.05) is 0 Å². The first kappa shape index (κ1) is 17.2. The normalized spacial score (nSPS) is 9.64. The molecule has 118 valence electrons. The predicted octanol–water partition coefficient (Wildman–Crippen LogP) is 1.39. The standard InChI is InChI=1S/C14H14O8/c1-7(15)19-11-5-13(21-9(3)17)14(22-10(4)18)6-12(11)20-8(2)16/h5-6H,1-4H3. The van der Waals surface area contributed by atoms with Gasteiger partial charge in [0.15, 0.2) is 23.0 Å². The van der Waals surface area contributed by atoms with Crippen LogP contribution in [0.25, 0.3) is 0 Å². The molecule has 1 rings (SSSR count). The van der Waals surface area contributed by atoms with Gasteiger partial charge in [-0.05, 0) is 0 Å². The molecule has 0 unspecified atom stereocenters. The van der Waals surface area contributed by atoms with Crippen molar-refractivity contribution in [1.29, 1.82) is 0 Å². The van der Waals surface area contributed by atoms with E-state index in [9.17, 15) is 19.2 Å². The molecule has 8 heteroatoms. The fraction of sp³-hybridized carbons (Fsp3) is 0.286. The summed E-state index contributed by atoms with van der Waals surface area (Å²) in [6.07, 6.45) is 0. The molecule has 0 bridgehead atoms. The number of rotatable bonds is 4. The van der Waals surface area contributed by atoms with Gasteiger partial charge in [0.05, 0.1) is 0 Å². The molecule has 0 aliphatic heterocycles. The van der Waals surface area contributed by atoms with Crippen molar-refractivity contribution in [3.63, 3.8) is 0 Å². The molecule has 0 saturated heterocycles. The average Bonchev–Trinajstić information content (AvgIpc) is 2.31. The number of ether oxygens (including phenoxy) is 4. The maximum absolute atomic E-state index is 11.1. The van der Waals surface area contributed by atoms with Crippen molar-refractivity contribution in [2.45, 2.75) is 27.7 Å². The maximum atomic E-state index is 11.1. The zero-order valence-corrected chi connectivity index (χ0v) is 12.4. The van der Waals surface area contributed by atoms with Crippen molar-refractivity contribution in [3.05, 3.63) is 12.1 Å². The summed E-state index contributed by atoms with van der Waals surface area (Å²) in [4.78, 5) is 44.4. The van der Waals surface area contributed by atoms with Crippen molar-refractivity contribution < 1.29 is 38.1 Å². The van der Waals surface area contributed by atoms with E-state index in [-0.39, 0.29) is 23.0 Å². The predicted molar refractivity (Wildman–Crippen MR) is 71.7 cm³/mol.